The van der Waals surface area contributed by atoms with Crippen LogP contribution in [0.25, 0.3) is 0 Å². The Hall–Kier alpha value is -0.803. The molecule has 0 N–H and O–H groups in total. The Labute approximate surface area is 123 Å². The van der Waals surface area contributed by atoms with Crippen molar-refractivity contribution in [3.63, 3.8) is 0 Å². The van der Waals surface area contributed by atoms with E-state index in [9.17, 15) is 4.79 Å². The van der Waals surface area contributed by atoms with Crippen molar-refractivity contribution in [3.05, 3.63) is 33.4 Å². The van der Waals surface area contributed by atoms with E-state index in [0.29, 0.717) is 0 Å². The molecule has 0 spiro atoms. The lowest BCUT2D eigenvalue weighted by Gasteiger charge is -2.13. The van der Waals surface area contributed by atoms with Crippen molar-refractivity contribution in [2.24, 2.45) is 0 Å². The molecule has 0 bridgehead atoms. The summed E-state index contributed by atoms with van der Waals surface area (Å²) >= 11 is 2.24. The van der Waals surface area contributed by atoms with Gasteiger partial charge in [0.25, 0.3) is 0 Å². The van der Waals surface area contributed by atoms with Gasteiger partial charge in [-0.3, -0.25) is 4.79 Å². The Morgan fingerprint density at radius 2 is 1.83 bits per heavy atom. The summed E-state index contributed by atoms with van der Waals surface area (Å²) in [5, 5.41) is 0. The van der Waals surface area contributed by atoms with Gasteiger partial charge in [-0.2, -0.15) is 0 Å². The molecule has 0 amide bonds. The molecule has 0 unspecified atom stereocenters. The van der Waals surface area contributed by atoms with Gasteiger partial charge in [0.15, 0.2) is 6.10 Å². The van der Waals surface area contributed by atoms with Gasteiger partial charge in [0.1, 0.15) is 8.07 Å². The highest BCUT2D eigenvalue weighted by atomic mass is 127. The molecule has 0 saturated carbocycles. The largest absolute Gasteiger partial charge is 0.444 e. The third-order valence-corrected chi connectivity index (χ3v) is 3.65. The second-order valence-corrected chi connectivity index (χ2v) is 11.1. The molecule has 0 fully saturated rings. The molecule has 0 saturated heterocycles. The maximum absolute atomic E-state index is 11.1. The average molecular weight is 372 g/mol. The molecular formula is C14H17IO2Si. The van der Waals surface area contributed by atoms with E-state index >= 15 is 0 Å². The van der Waals surface area contributed by atoms with Crippen LogP contribution in [0.2, 0.25) is 19.6 Å². The molecule has 1 rings (SSSR count). The predicted octanol–water partition coefficient (Wildman–Crippen LogP) is 3.78. The smallest absolute Gasteiger partial charge is 0.304 e. The van der Waals surface area contributed by atoms with E-state index < -0.39 is 14.2 Å². The summed E-state index contributed by atoms with van der Waals surface area (Å²) in [6.07, 6.45) is -0.453. The van der Waals surface area contributed by atoms with Crippen molar-refractivity contribution in [1.82, 2.24) is 0 Å². The van der Waals surface area contributed by atoms with Gasteiger partial charge in [-0.1, -0.05) is 37.7 Å². The lowest BCUT2D eigenvalue weighted by Crippen LogP contribution is -2.17. The third-order valence-electron chi connectivity index (χ3n) is 2.03. The predicted molar refractivity (Wildman–Crippen MR) is 84.8 cm³/mol. The summed E-state index contributed by atoms with van der Waals surface area (Å²) in [4.78, 5) is 11.1. The Morgan fingerprint density at radius 1 is 1.28 bits per heavy atom. The molecule has 0 aliphatic heterocycles. The summed E-state index contributed by atoms with van der Waals surface area (Å²) in [5.41, 5.74) is 4.18. The van der Waals surface area contributed by atoms with Crippen LogP contribution in [0.1, 0.15) is 18.6 Å². The first-order valence-corrected chi connectivity index (χ1v) is 10.3. The first-order valence-electron chi connectivity index (χ1n) is 5.73. The number of carbonyl (C=O) groups excluding carboxylic acids is 1. The summed E-state index contributed by atoms with van der Waals surface area (Å²) in [6, 6.07) is 7.88. The molecule has 0 aliphatic carbocycles. The van der Waals surface area contributed by atoms with E-state index in [1.807, 2.05) is 24.3 Å². The van der Waals surface area contributed by atoms with Crippen molar-refractivity contribution in [2.75, 3.05) is 0 Å². The van der Waals surface area contributed by atoms with Crippen LogP contribution in [-0.2, 0) is 9.53 Å². The van der Waals surface area contributed by atoms with Crippen LogP contribution < -0.4 is 0 Å². The molecule has 96 valence electrons. The molecular weight excluding hydrogens is 355 g/mol. The van der Waals surface area contributed by atoms with E-state index in [4.69, 9.17) is 4.74 Å². The highest BCUT2D eigenvalue weighted by molar-refractivity contribution is 14.1. The summed E-state index contributed by atoms with van der Waals surface area (Å²) in [7, 11) is -1.47. The number of benzene rings is 1. The van der Waals surface area contributed by atoms with Crippen molar-refractivity contribution >= 4 is 36.6 Å². The van der Waals surface area contributed by atoms with Crippen molar-refractivity contribution in [2.45, 2.75) is 32.7 Å². The Kier molecular flexibility index (Phi) is 5.41. The van der Waals surface area contributed by atoms with Gasteiger partial charge in [0.05, 0.1) is 0 Å². The first-order chi connectivity index (χ1) is 8.28. The number of esters is 1. The minimum absolute atomic E-state index is 0.302. The molecule has 0 heterocycles. The average Bonchev–Trinajstić information content (AvgIpc) is 2.24. The zero-order chi connectivity index (χ0) is 13.8. The maximum Gasteiger partial charge on any atom is 0.304 e. The van der Waals surface area contributed by atoms with Crippen LogP contribution >= 0.6 is 22.6 Å². The maximum atomic E-state index is 11.1. The molecule has 1 aromatic carbocycles. The third kappa shape index (κ3) is 5.69. The minimum atomic E-state index is -1.47. The fourth-order valence-corrected chi connectivity index (χ4v) is 2.19. The topological polar surface area (TPSA) is 26.3 Å². The molecule has 0 aromatic heterocycles. The lowest BCUT2D eigenvalue weighted by atomic mass is 10.1. The first kappa shape index (κ1) is 15.3. The number of hydrogen-bond acceptors (Lipinski definition) is 2. The fourth-order valence-electron chi connectivity index (χ4n) is 1.27. The van der Waals surface area contributed by atoms with E-state index in [0.717, 1.165) is 9.13 Å². The lowest BCUT2D eigenvalue weighted by molar-refractivity contribution is -0.144. The zero-order valence-electron chi connectivity index (χ0n) is 11.1. The summed E-state index contributed by atoms with van der Waals surface area (Å²) < 4.78 is 6.43. The highest BCUT2D eigenvalue weighted by Gasteiger charge is 2.14. The van der Waals surface area contributed by atoms with Gasteiger partial charge in [0, 0.05) is 16.1 Å². The van der Waals surface area contributed by atoms with Crippen molar-refractivity contribution in [3.8, 4) is 11.5 Å². The highest BCUT2D eigenvalue weighted by Crippen LogP contribution is 2.18. The Bertz CT molecular complexity index is 477. The van der Waals surface area contributed by atoms with E-state index in [2.05, 4.69) is 53.7 Å². The van der Waals surface area contributed by atoms with E-state index in [1.165, 1.54) is 6.92 Å². The molecule has 2 nitrogen and oxygen atoms in total. The van der Waals surface area contributed by atoms with Gasteiger partial charge in [-0.15, -0.1) is 5.54 Å². The second kappa shape index (κ2) is 6.39. The number of hydrogen-bond donors (Lipinski definition) is 0. The standard InChI is InChI=1S/C14H17IO2Si/c1-11(16)17-14(9-10-18(2,3)4)12-5-7-13(15)8-6-12/h5-8,14H,1-4H3/t14-/m1/s1. The molecule has 1 atom stereocenters. The fraction of sp³-hybridized carbons (Fsp3) is 0.357. The molecule has 0 aliphatic rings. The van der Waals surface area contributed by atoms with Gasteiger partial charge in [0.2, 0.25) is 0 Å². The molecule has 18 heavy (non-hydrogen) atoms. The van der Waals surface area contributed by atoms with Crippen LogP contribution in [-0.4, -0.2) is 14.0 Å². The van der Waals surface area contributed by atoms with Gasteiger partial charge < -0.3 is 4.74 Å². The number of carbonyl (C=O) groups is 1. The van der Waals surface area contributed by atoms with Crippen molar-refractivity contribution < 1.29 is 9.53 Å². The van der Waals surface area contributed by atoms with Crippen LogP contribution in [0.4, 0.5) is 0 Å². The number of halogens is 1. The summed E-state index contributed by atoms with van der Waals surface area (Å²) in [6.45, 7) is 7.91. The van der Waals surface area contributed by atoms with Gasteiger partial charge in [-0.05, 0) is 34.7 Å². The summed E-state index contributed by atoms with van der Waals surface area (Å²) in [5.74, 6) is 2.79. The van der Waals surface area contributed by atoms with Crippen molar-refractivity contribution in [1.29, 1.82) is 0 Å². The number of ether oxygens (including phenoxy) is 1. The molecule has 4 heteroatoms. The van der Waals surface area contributed by atoms with E-state index in [1.54, 1.807) is 0 Å². The number of rotatable bonds is 2. The van der Waals surface area contributed by atoms with Crippen LogP contribution in [0.3, 0.4) is 0 Å². The van der Waals surface area contributed by atoms with Crippen LogP contribution in [0, 0.1) is 15.0 Å². The quantitative estimate of drug-likeness (QED) is 0.342. The Balaban J connectivity index is 3.01. The van der Waals surface area contributed by atoms with Gasteiger partial charge >= 0.3 is 5.97 Å². The zero-order valence-corrected chi connectivity index (χ0v) is 14.2. The molecule has 0 radical (unpaired) electrons. The van der Waals surface area contributed by atoms with Crippen LogP contribution in [0.5, 0.6) is 0 Å². The van der Waals surface area contributed by atoms with E-state index in [-0.39, 0.29) is 5.97 Å². The minimum Gasteiger partial charge on any atom is -0.444 e. The molecule has 1 aromatic rings. The normalized spacial score (nSPS) is 12.3. The SMILES string of the molecule is CC(=O)O[C@H](C#C[Si](C)(C)C)c1ccc(I)cc1. The second-order valence-electron chi connectivity index (χ2n) is 5.06. The van der Waals surface area contributed by atoms with Crippen LogP contribution in [0.15, 0.2) is 24.3 Å². The van der Waals surface area contributed by atoms with Gasteiger partial charge in [-0.25, -0.2) is 0 Å². The monoisotopic (exact) mass is 372 g/mol. The Morgan fingerprint density at radius 3 is 2.28 bits per heavy atom.